The Hall–Kier alpha value is -1.26. The second-order valence-electron chi connectivity index (χ2n) is 11.1. The topological polar surface area (TPSA) is 143 Å². The summed E-state index contributed by atoms with van der Waals surface area (Å²) in [5.41, 5.74) is 0. The van der Waals surface area contributed by atoms with Crippen molar-refractivity contribution < 1.29 is 44.2 Å². The summed E-state index contributed by atoms with van der Waals surface area (Å²) < 4.78 is 16.8. The van der Waals surface area contributed by atoms with Crippen molar-refractivity contribution in [3.05, 3.63) is 0 Å². The Morgan fingerprint density at radius 1 is 0.718 bits per heavy atom. The molecule has 0 bridgehead atoms. The third-order valence-electron chi connectivity index (χ3n) is 7.49. The van der Waals surface area contributed by atoms with Gasteiger partial charge in [-0.1, -0.05) is 103 Å². The number of carboxylic acid groups (broad SMARTS) is 1. The zero-order valence-corrected chi connectivity index (χ0v) is 24.4. The first-order chi connectivity index (χ1) is 18.8. The van der Waals surface area contributed by atoms with E-state index in [0.29, 0.717) is 6.42 Å². The molecule has 9 nitrogen and oxygen atoms in total. The summed E-state index contributed by atoms with van der Waals surface area (Å²) >= 11 is 0. The van der Waals surface area contributed by atoms with Crippen LogP contribution in [0.5, 0.6) is 0 Å². The number of aliphatic carboxylic acids is 1. The van der Waals surface area contributed by atoms with Gasteiger partial charge in [0.15, 0.2) is 6.29 Å². The number of ether oxygens (including phenoxy) is 3. The maximum Gasteiger partial charge on any atom is 0.303 e. The number of unbranched alkanes of at least 4 members (excludes halogenated alkanes) is 14. The molecule has 0 saturated carbocycles. The third-order valence-corrected chi connectivity index (χ3v) is 7.49. The molecule has 0 radical (unpaired) electrons. The first-order valence-electron chi connectivity index (χ1n) is 15.5. The quantitative estimate of drug-likeness (QED) is 0.0918. The molecule has 1 aliphatic rings. The maximum atomic E-state index is 11.2. The molecule has 0 aromatic rings. The van der Waals surface area contributed by atoms with Gasteiger partial charge in [0.2, 0.25) is 0 Å². The molecule has 9 heteroatoms. The van der Waals surface area contributed by atoms with Crippen molar-refractivity contribution in [2.75, 3.05) is 6.61 Å². The van der Waals surface area contributed by atoms with Crippen molar-refractivity contribution in [3.8, 4) is 0 Å². The van der Waals surface area contributed by atoms with Crippen molar-refractivity contribution in [1.82, 2.24) is 0 Å². The SMILES string of the molecule is CCCCCCCCCCCCCC[C@@H](CCCCCCC(=O)O)O[C@@H]1O[C@H](COC(C)=O)[C@@H](O)[C@H](O)[C@H]1O. The number of esters is 1. The Kier molecular flexibility index (Phi) is 20.6. The van der Waals surface area contributed by atoms with Crippen LogP contribution < -0.4 is 0 Å². The summed E-state index contributed by atoms with van der Waals surface area (Å²) in [5.74, 6) is -1.31. The smallest absolute Gasteiger partial charge is 0.303 e. The summed E-state index contributed by atoms with van der Waals surface area (Å²) in [4.78, 5) is 21.9. The molecule has 1 heterocycles. The molecule has 1 saturated heterocycles. The summed E-state index contributed by atoms with van der Waals surface area (Å²) in [7, 11) is 0. The lowest BCUT2D eigenvalue weighted by Gasteiger charge is -2.41. The zero-order valence-electron chi connectivity index (χ0n) is 24.4. The van der Waals surface area contributed by atoms with Gasteiger partial charge in [-0.15, -0.1) is 0 Å². The van der Waals surface area contributed by atoms with Crippen LogP contribution in [0.3, 0.4) is 0 Å². The molecule has 230 valence electrons. The number of carbonyl (C=O) groups is 2. The van der Waals surface area contributed by atoms with Crippen LogP contribution in [0.15, 0.2) is 0 Å². The first-order valence-corrected chi connectivity index (χ1v) is 15.5. The summed E-state index contributed by atoms with van der Waals surface area (Å²) in [6.45, 7) is 3.24. The lowest BCUT2D eigenvalue weighted by Crippen LogP contribution is -2.60. The Morgan fingerprint density at radius 2 is 1.21 bits per heavy atom. The van der Waals surface area contributed by atoms with Crippen LogP contribution in [0.4, 0.5) is 0 Å². The van der Waals surface area contributed by atoms with Crippen LogP contribution in [0.25, 0.3) is 0 Å². The third kappa shape index (κ3) is 17.2. The molecule has 1 rings (SSSR count). The highest BCUT2D eigenvalue weighted by molar-refractivity contribution is 5.66. The van der Waals surface area contributed by atoms with E-state index < -0.39 is 42.6 Å². The van der Waals surface area contributed by atoms with Crippen molar-refractivity contribution in [3.63, 3.8) is 0 Å². The molecule has 0 aliphatic carbocycles. The number of aliphatic hydroxyl groups excluding tert-OH is 3. The second-order valence-corrected chi connectivity index (χ2v) is 11.1. The normalized spacial score (nSPS) is 24.0. The van der Waals surface area contributed by atoms with Crippen molar-refractivity contribution >= 4 is 11.9 Å². The monoisotopic (exact) mass is 560 g/mol. The van der Waals surface area contributed by atoms with Gasteiger partial charge >= 0.3 is 11.9 Å². The van der Waals surface area contributed by atoms with Gasteiger partial charge in [0.05, 0.1) is 6.10 Å². The molecular formula is C30H56O9. The summed E-state index contributed by atoms with van der Waals surface area (Å²) in [6, 6.07) is 0. The average molecular weight is 561 g/mol. The fraction of sp³-hybridized carbons (Fsp3) is 0.933. The van der Waals surface area contributed by atoms with Crippen molar-refractivity contribution in [1.29, 1.82) is 0 Å². The van der Waals surface area contributed by atoms with Gasteiger partial charge in [0.1, 0.15) is 31.0 Å². The minimum absolute atomic E-state index is 0.171. The minimum Gasteiger partial charge on any atom is -0.481 e. The molecule has 0 aromatic heterocycles. The Bertz CT molecular complexity index is 630. The predicted octanol–water partition coefficient (Wildman–Crippen LogP) is 5.26. The highest BCUT2D eigenvalue weighted by Crippen LogP contribution is 2.26. The number of hydrogen-bond acceptors (Lipinski definition) is 8. The van der Waals surface area contributed by atoms with Gasteiger partial charge < -0.3 is 34.6 Å². The largest absolute Gasteiger partial charge is 0.481 e. The minimum atomic E-state index is -1.48. The summed E-state index contributed by atoms with van der Waals surface area (Å²) in [5, 5.41) is 39.9. The highest BCUT2D eigenvalue weighted by atomic mass is 16.7. The lowest BCUT2D eigenvalue weighted by molar-refractivity contribution is -0.312. The van der Waals surface area contributed by atoms with Gasteiger partial charge in [0.25, 0.3) is 0 Å². The van der Waals surface area contributed by atoms with Crippen molar-refractivity contribution in [2.45, 2.75) is 173 Å². The Balaban J connectivity index is 2.46. The fourth-order valence-corrected chi connectivity index (χ4v) is 5.05. The van der Waals surface area contributed by atoms with Gasteiger partial charge in [-0.2, -0.15) is 0 Å². The molecule has 0 unspecified atom stereocenters. The van der Waals surface area contributed by atoms with E-state index in [9.17, 15) is 24.9 Å². The molecular weight excluding hydrogens is 504 g/mol. The Labute approximate surface area is 235 Å². The van der Waals surface area contributed by atoms with Crippen LogP contribution in [-0.2, 0) is 23.8 Å². The maximum absolute atomic E-state index is 11.2. The molecule has 4 N–H and O–H groups in total. The molecule has 0 aromatic carbocycles. The van der Waals surface area contributed by atoms with E-state index in [1.54, 1.807) is 0 Å². The average Bonchev–Trinajstić information content (AvgIpc) is 2.90. The number of rotatable bonds is 24. The van der Waals surface area contributed by atoms with E-state index in [-0.39, 0.29) is 19.1 Å². The number of hydrogen-bond donors (Lipinski definition) is 4. The highest BCUT2D eigenvalue weighted by Gasteiger charge is 2.45. The summed E-state index contributed by atoms with van der Waals surface area (Å²) in [6.07, 6.45) is 13.3. The predicted molar refractivity (Wildman–Crippen MR) is 149 cm³/mol. The fourth-order valence-electron chi connectivity index (χ4n) is 5.05. The van der Waals surface area contributed by atoms with E-state index in [1.165, 1.54) is 71.1 Å². The van der Waals surface area contributed by atoms with Crippen LogP contribution >= 0.6 is 0 Å². The number of carboxylic acids is 1. The van der Waals surface area contributed by atoms with Gasteiger partial charge in [-0.25, -0.2) is 0 Å². The molecule has 0 spiro atoms. The standard InChI is InChI=1S/C30H56O9/c1-3-4-5-6-7-8-9-10-11-12-13-16-19-24(20-17-14-15-18-21-26(32)33)38-30-29(36)28(35)27(34)25(39-30)22-37-23(2)31/h24-25,27-30,34-36H,3-22H2,1-2H3,(H,32,33)/t24-,25+,27+,28-,29+,30+/m0/s1. The van der Waals surface area contributed by atoms with Gasteiger partial charge in [-0.3, -0.25) is 9.59 Å². The van der Waals surface area contributed by atoms with E-state index in [1.807, 2.05) is 0 Å². The van der Waals surface area contributed by atoms with Crippen molar-refractivity contribution in [2.24, 2.45) is 0 Å². The van der Waals surface area contributed by atoms with Gasteiger partial charge in [0, 0.05) is 13.3 Å². The van der Waals surface area contributed by atoms with E-state index >= 15 is 0 Å². The molecule has 1 aliphatic heterocycles. The van der Waals surface area contributed by atoms with Crippen LogP contribution in [0.2, 0.25) is 0 Å². The van der Waals surface area contributed by atoms with E-state index in [0.717, 1.165) is 44.9 Å². The van der Waals surface area contributed by atoms with Gasteiger partial charge in [-0.05, 0) is 19.3 Å². The number of aliphatic hydroxyl groups is 3. The molecule has 6 atom stereocenters. The first kappa shape index (κ1) is 35.8. The van der Waals surface area contributed by atoms with E-state index in [4.69, 9.17) is 19.3 Å². The molecule has 39 heavy (non-hydrogen) atoms. The second kappa shape index (κ2) is 22.4. The lowest BCUT2D eigenvalue weighted by atomic mass is 9.98. The zero-order chi connectivity index (χ0) is 28.9. The molecule has 1 fully saturated rings. The van der Waals surface area contributed by atoms with Crippen LogP contribution in [0.1, 0.15) is 136 Å². The molecule has 0 amide bonds. The Morgan fingerprint density at radius 3 is 1.69 bits per heavy atom. The van der Waals surface area contributed by atoms with Crippen LogP contribution in [-0.4, -0.2) is 75.8 Å². The van der Waals surface area contributed by atoms with Crippen LogP contribution in [0, 0.1) is 0 Å². The number of carbonyl (C=O) groups excluding carboxylic acids is 1. The van der Waals surface area contributed by atoms with E-state index in [2.05, 4.69) is 6.92 Å².